The number of hydrogen-bond donors (Lipinski definition) is 1. The van der Waals surface area contributed by atoms with E-state index in [1.54, 1.807) is 11.9 Å². The summed E-state index contributed by atoms with van der Waals surface area (Å²) in [5.74, 6) is 0.496. The van der Waals surface area contributed by atoms with Crippen LogP contribution in [-0.4, -0.2) is 36.3 Å². The van der Waals surface area contributed by atoms with Gasteiger partial charge in [-0.2, -0.15) is 0 Å². The number of carbonyl (C=O) groups excluding carboxylic acids is 2. The molecule has 4 nitrogen and oxygen atoms in total. The van der Waals surface area contributed by atoms with Crippen LogP contribution in [0.5, 0.6) is 0 Å². The van der Waals surface area contributed by atoms with Crippen molar-refractivity contribution < 1.29 is 9.59 Å². The van der Waals surface area contributed by atoms with E-state index in [2.05, 4.69) is 5.32 Å². The Kier molecular flexibility index (Phi) is 1.98. The van der Waals surface area contributed by atoms with Crippen LogP contribution in [0.4, 0.5) is 0 Å². The first-order chi connectivity index (χ1) is 6.16. The van der Waals surface area contributed by atoms with E-state index in [-0.39, 0.29) is 23.8 Å². The fraction of sp³-hybridized carbons (Fsp3) is 0.778. The van der Waals surface area contributed by atoms with Gasteiger partial charge in [0.15, 0.2) is 0 Å². The second kappa shape index (κ2) is 3.01. The van der Waals surface area contributed by atoms with E-state index in [4.69, 9.17) is 0 Å². The first-order valence-electron chi connectivity index (χ1n) is 4.71. The Morgan fingerprint density at radius 1 is 1.54 bits per heavy atom. The summed E-state index contributed by atoms with van der Waals surface area (Å²) in [4.78, 5) is 24.1. The Labute approximate surface area is 77.3 Å². The zero-order valence-electron chi connectivity index (χ0n) is 7.75. The number of nitrogens with zero attached hydrogens (tertiary/aromatic N) is 1. The average molecular weight is 182 g/mol. The van der Waals surface area contributed by atoms with Gasteiger partial charge in [-0.1, -0.05) is 0 Å². The molecule has 72 valence electrons. The van der Waals surface area contributed by atoms with Gasteiger partial charge in [-0.3, -0.25) is 9.59 Å². The molecular formula is C9H14N2O2. The van der Waals surface area contributed by atoms with Gasteiger partial charge < -0.3 is 10.2 Å². The van der Waals surface area contributed by atoms with Crippen molar-refractivity contribution in [1.82, 2.24) is 10.2 Å². The van der Waals surface area contributed by atoms with Gasteiger partial charge in [0, 0.05) is 25.9 Å². The van der Waals surface area contributed by atoms with Crippen molar-refractivity contribution in [2.75, 3.05) is 13.6 Å². The van der Waals surface area contributed by atoms with Gasteiger partial charge in [0.05, 0.1) is 6.04 Å². The molecular weight excluding hydrogens is 168 g/mol. The van der Waals surface area contributed by atoms with Crippen molar-refractivity contribution in [1.29, 1.82) is 0 Å². The predicted molar refractivity (Wildman–Crippen MR) is 46.9 cm³/mol. The van der Waals surface area contributed by atoms with Gasteiger partial charge >= 0.3 is 0 Å². The third kappa shape index (κ3) is 1.82. The summed E-state index contributed by atoms with van der Waals surface area (Å²) in [5, 5.41) is 2.90. The second-order valence-corrected chi connectivity index (χ2v) is 3.96. The normalized spacial score (nSPS) is 27.9. The average Bonchev–Trinajstić information content (AvgIpc) is 2.81. The first-order valence-corrected chi connectivity index (χ1v) is 4.71. The third-order valence-electron chi connectivity index (χ3n) is 2.64. The Hall–Kier alpha value is -1.06. The van der Waals surface area contributed by atoms with Crippen LogP contribution in [0.1, 0.15) is 19.3 Å². The molecule has 2 rings (SSSR count). The van der Waals surface area contributed by atoms with E-state index >= 15 is 0 Å². The van der Waals surface area contributed by atoms with Gasteiger partial charge in [-0.15, -0.1) is 0 Å². The minimum absolute atomic E-state index is 0.0469. The van der Waals surface area contributed by atoms with E-state index in [9.17, 15) is 9.59 Å². The highest BCUT2D eigenvalue weighted by Gasteiger charge is 2.34. The number of hydrogen-bond acceptors (Lipinski definition) is 2. The molecule has 1 N–H and O–H groups in total. The van der Waals surface area contributed by atoms with Crippen molar-refractivity contribution in [3.05, 3.63) is 0 Å². The summed E-state index contributed by atoms with van der Waals surface area (Å²) in [7, 11) is 1.77. The highest BCUT2D eigenvalue weighted by molar-refractivity contribution is 5.84. The van der Waals surface area contributed by atoms with E-state index in [0.717, 1.165) is 12.8 Å². The summed E-state index contributed by atoms with van der Waals surface area (Å²) in [6.45, 7) is 0.664. The van der Waals surface area contributed by atoms with Crippen LogP contribution < -0.4 is 5.32 Å². The van der Waals surface area contributed by atoms with Crippen molar-refractivity contribution in [2.45, 2.75) is 25.3 Å². The minimum atomic E-state index is 0.0469. The molecule has 1 saturated carbocycles. The first kappa shape index (κ1) is 8.53. The Balaban J connectivity index is 1.82. The molecule has 2 amide bonds. The topological polar surface area (TPSA) is 49.4 Å². The van der Waals surface area contributed by atoms with E-state index in [1.165, 1.54) is 0 Å². The Morgan fingerprint density at radius 3 is 2.69 bits per heavy atom. The van der Waals surface area contributed by atoms with Gasteiger partial charge in [-0.05, 0) is 12.8 Å². The second-order valence-electron chi connectivity index (χ2n) is 3.96. The fourth-order valence-electron chi connectivity index (χ4n) is 1.62. The smallest absolute Gasteiger partial charge is 0.224 e. The molecule has 0 radical (unpaired) electrons. The van der Waals surface area contributed by atoms with Crippen molar-refractivity contribution >= 4 is 11.8 Å². The Bertz CT molecular complexity index is 248. The molecule has 0 aromatic heterocycles. The summed E-state index contributed by atoms with van der Waals surface area (Å²) in [5.41, 5.74) is 0. The molecule has 1 aliphatic heterocycles. The number of nitrogens with one attached hydrogen (secondary N) is 1. The van der Waals surface area contributed by atoms with Gasteiger partial charge in [0.2, 0.25) is 11.8 Å². The predicted octanol–water partition coefficient (Wildman–Crippen LogP) is -0.257. The zero-order valence-corrected chi connectivity index (χ0v) is 7.75. The maximum Gasteiger partial charge on any atom is 0.224 e. The summed E-state index contributed by atoms with van der Waals surface area (Å²) >= 11 is 0. The van der Waals surface area contributed by atoms with Crippen LogP contribution in [0.2, 0.25) is 0 Å². The standard InChI is InChI=1S/C9H14N2O2/c1-11-5-7(4-8(11)12)10-9(13)6-2-3-6/h6-7H,2-5H2,1H3,(H,10,13). The molecule has 2 fully saturated rings. The van der Waals surface area contributed by atoms with Crippen LogP contribution in [0.25, 0.3) is 0 Å². The summed E-state index contributed by atoms with van der Waals surface area (Å²) in [6.07, 6.45) is 2.50. The molecule has 1 unspecified atom stereocenters. The van der Waals surface area contributed by atoms with Crippen molar-refractivity contribution in [3.63, 3.8) is 0 Å². The van der Waals surface area contributed by atoms with E-state index in [0.29, 0.717) is 13.0 Å². The molecule has 1 heterocycles. The van der Waals surface area contributed by atoms with Gasteiger partial charge in [0.25, 0.3) is 0 Å². The van der Waals surface area contributed by atoms with Gasteiger partial charge in [-0.25, -0.2) is 0 Å². The van der Waals surface area contributed by atoms with Crippen LogP contribution >= 0.6 is 0 Å². The van der Waals surface area contributed by atoms with E-state index < -0.39 is 0 Å². The molecule has 1 aliphatic carbocycles. The molecule has 4 heteroatoms. The summed E-state index contributed by atoms with van der Waals surface area (Å²) in [6, 6.07) is 0.0469. The number of carbonyl (C=O) groups is 2. The number of likely N-dealkylation sites (tertiary alicyclic amines) is 1. The monoisotopic (exact) mass is 182 g/mol. The largest absolute Gasteiger partial charge is 0.351 e. The lowest BCUT2D eigenvalue weighted by molar-refractivity contribution is -0.126. The highest BCUT2D eigenvalue weighted by Crippen LogP contribution is 2.29. The maximum absolute atomic E-state index is 11.3. The van der Waals surface area contributed by atoms with Crippen molar-refractivity contribution in [2.24, 2.45) is 5.92 Å². The molecule has 0 bridgehead atoms. The van der Waals surface area contributed by atoms with E-state index in [1.807, 2.05) is 0 Å². The van der Waals surface area contributed by atoms with Crippen molar-refractivity contribution in [3.8, 4) is 0 Å². The minimum Gasteiger partial charge on any atom is -0.351 e. The Morgan fingerprint density at radius 2 is 2.23 bits per heavy atom. The number of rotatable bonds is 2. The molecule has 0 spiro atoms. The van der Waals surface area contributed by atoms with Gasteiger partial charge in [0.1, 0.15) is 0 Å². The fourth-order valence-corrected chi connectivity index (χ4v) is 1.62. The molecule has 2 aliphatic rings. The number of likely N-dealkylation sites (N-methyl/N-ethyl adjacent to an activating group) is 1. The lowest BCUT2D eigenvalue weighted by atomic mass is 10.2. The molecule has 13 heavy (non-hydrogen) atoms. The maximum atomic E-state index is 11.3. The lowest BCUT2D eigenvalue weighted by Crippen LogP contribution is -2.37. The molecule has 1 atom stereocenters. The molecule has 1 saturated heterocycles. The SMILES string of the molecule is CN1CC(NC(=O)C2CC2)CC1=O. The molecule has 0 aromatic carbocycles. The van der Waals surface area contributed by atoms with Crippen LogP contribution in [-0.2, 0) is 9.59 Å². The third-order valence-corrected chi connectivity index (χ3v) is 2.64. The van der Waals surface area contributed by atoms with Crippen LogP contribution in [0.3, 0.4) is 0 Å². The lowest BCUT2D eigenvalue weighted by Gasteiger charge is -2.11. The molecule has 0 aromatic rings. The van der Waals surface area contributed by atoms with Crippen LogP contribution in [0.15, 0.2) is 0 Å². The van der Waals surface area contributed by atoms with Crippen LogP contribution in [0, 0.1) is 5.92 Å². The highest BCUT2D eigenvalue weighted by atomic mass is 16.2. The summed E-state index contributed by atoms with van der Waals surface area (Å²) < 4.78 is 0. The number of amides is 2. The zero-order chi connectivity index (χ0) is 9.42. The quantitative estimate of drug-likeness (QED) is 0.640.